The second-order valence-electron chi connectivity index (χ2n) is 8.03. The first kappa shape index (κ1) is 14.7. The van der Waals surface area contributed by atoms with E-state index >= 15 is 0 Å². The number of fused-ring (bicyclic) bond motifs is 4. The molecule has 2 heterocycles. The van der Waals surface area contributed by atoms with Crippen molar-refractivity contribution in [1.29, 1.82) is 0 Å². The topological polar surface area (TPSA) is 35.5 Å². The Morgan fingerprint density at radius 2 is 2.04 bits per heavy atom. The van der Waals surface area contributed by atoms with Crippen LogP contribution in [0.3, 0.4) is 0 Å². The zero-order valence-corrected chi connectivity index (χ0v) is 13.9. The summed E-state index contributed by atoms with van der Waals surface area (Å²) in [5, 5.41) is 0. The monoisotopic (exact) mass is 324 g/mol. The third-order valence-corrected chi connectivity index (χ3v) is 6.63. The molecule has 0 radical (unpaired) electrons. The van der Waals surface area contributed by atoms with Gasteiger partial charge in [0.05, 0.1) is 18.6 Å². The van der Waals surface area contributed by atoms with Crippen molar-refractivity contribution >= 4 is 5.97 Å². The van der Waals surface area contributed by atoms with E-state index in [1.165, 1.54) is 24.8 Å². The van der Waals surface area contributed by atoms with Crippen molar-refractivity contribution in [3.63, 3.8) is 0 Å². The highest BCUT2D eigenvalue weighted by atomic mass is 16.6. The highest BCUT2D eigenvalue weighted by molar-refractivity contribution is 5.71. The Bertz CT molecular complexity index is 667. The van der Waals surface area contributed by atoms with Crippen LogP contribution in [-0.4, -0.2) is 18.2 Å². The Balaban J connectivity index is 1.36. The molecule has 0 spiro atoms. The maximum absolute atomic E-state index is 12.8. The average Bonchev–Trinajstić information content (AvgIpc) is 3.36. The van der Waals surface area contributed by atoms with Crippen molar-refractivity contribution < 1.29 is 14.3 Å². The Hall–Kier alpha value is -1.61. The number of carbonyl (C=O) groups excluding carboxylic acids is 1. The molecule has 0 amide bonds. The normalized spacial score (nSPS) is 41.9. The Morgan fingerprint density at radius 3 is 2.67 bits per heavy atom. The fraction of sp³-hybridized carbons (Fsp3) is 0.571. The van der Waals surface area contributed by atoms with E-state index in [1.807, 2.05) is 6.07 Å². The van der Waals surface area contributed by atoms with Crippen molar-refractivity contribution in [2.24, 2.45) is 17.8 Å². The lowest BCUT2D eigenvalue weighted by atomic mass is 9.78. The van der Waals surface area contributed by atoms with Gasteiger partial charge in [-0.15, -0.1) is 0 Å². The zero-order chi connectivity index (χ0) is 16.1. The highest BCUT2D eigenvalue weighted by Gasteiger charge is 2.55. The summed E-state index contributed by atoms with van der Waals surface area (Å²) in [7, 11) is 0. The van der Waals surface area contributed by atoms with E-state index < -0.39 is 0 Å². The van der Waals surface area contributed by atoms with Gasteiger partial charge in [0.1, 0.15) is 5.60 Å². The number of benzene rings is 1. The molecule has 1 aromatic carbocycles. The SMILES string of the molecule is O=C(CC1CC2C=CC1O2)OC1(c2ccccc2)CC2CCC1C2. The molecule has 4 bridgehead atoms. The van der Waals surface area contributed by atoms with Gasteiger partial charge < -0.3 is 9.47 Å². The van der Waals surface area contributed by atoms with Crippen LogP contribution in [0.5, 0.6) is 0 Å². The lowest BCUT2D eigenvalue weighted by Gasteiger charge is -2.38. The van der Waals surface area contributed by atoms with E-state index in [0.29, 0.717) is 18.3 Å². The minimum Gasteiger partial charge on any atom is -0.454 e. The van der Waals surface area contributed by atoms with E-state index in [1.54, 1.807) is 0 Å². The minimum absolute atomic E-state index is 0.0408. The number of hydrogen-bond donors (Lipinski definition) is 0. The summed E-state index contributed by atoms with van der Waals surface area (Å²) < 4.78 is 12.1. The Kier molecular flexibility index (Phi) is 3.34. The van der Waals surface area contributed by atoms with Crippen LogP contribution in [0, 0.1) is 17.8 Å². The zero-order valence-electron chi connectivity index (χ0n) is 13.9. The molecule has 3 fully saturated rings. The van der Waals surface area contributed by atoms with Crippen LogP contribution in [0.4, 0.5) is 0 Å². The molecule has 1 aromatic rings. The highest BCUT2D eigenvalue weighted by Crippen LogP contribution is 2.57. The van der Waals surface area contributed by atoms with Crippen LogP contribution in [0.2, 0.25) is 0 Å². The van der Waals surface area contributed by atoms with Gasteiger partial charge in [0.2, 0.25) is 0 Å². The first-order valence-corrected chi connectivity index (χ1v) is 9.34. The second-order valence-corrected chi connectivity index (χ2v) is 8.03. The van der Waals surface area contributed by atoms with E-state index in [4.69, 9.17) is 9.47 Å². The number of carbonyl (C=O) groups is 1. The van der Waals surface area contributed by atoms with Gasteiger partial charge in [0.25, 0.3) is 0 Å². The lowest BCUT2D eigenvalue weighted by Crippen LogP contribution is -2.38. The van der Waals surface area contributed by atoms with Gasteiger partial charge in [-0.2, -0.15) is 0 Å². The van der Waals surface area contributed by atoms with Crippen molar-refractivity contribution in [2.45, 2.75) is 56.3 Å². The maximum atomic E-state index is 12.8. The molecule has 2 aliphatic heterocycles. The van der Waals surface area contributed by atoms with E-state index in [-0.39, 0.29) is 23.8 Å². The molecule has 6 atom stereocenters. The minimum atomic E-state index is -0.379. The van der Waals surface area contributed by atoms with Gasteiger partial charge in [0.15, 0.2) is 0 Å². The summed E-state index contributed by atoms with van der Waals surface area (Å²) in [4.78, 5) is 12.8. The summed E-state index contributed by atoms with van der Waals surface area (Å²) in [6.07, 6.45) is 10.7. The predicted molar refractivity (Wildman–Crippen MR) is 90.2 cm³/mol. The average molecular weight is 324 g/mol. The largest absolute Gasteiger partial charge is 0.454 e. The van der Waals surface area contributed by atoms with E-state index in [2.05, 4.69) is 36.4 Å². The van der Waals surface area contributed by atoms with Crippen molar-refractivity contribution in [1.82, 2.24) is 0 Å². The smallest absolute Gasteiger partial charge is 0.307 e. The standard InChI is InChI=1S/C21H24O3/c22-20(12-15-11-18-8-9-19(15)23-18)24-21(16-4-2-1-3-5-16)13-14-6-7-17(21)10-14/h1-5,8-9,14-15,17-19H,6-7,10-13H2. The van der Waals surface area contributed by atoms with Crippen molar-refractivity contribution in [2.75, 3.05) is 0 Å². The summed E-state index contributed by atoms with van der Waals surface area (Å²) in [6.45, 7) is 0. The van der Waals surface area contributed by atoms with Gasteiger partial charge in [-0.3, -0.25) is 4.79 Å². The molecule has 3 heteroatoms. The summed E-state index contributed by atoms with van der Waals surface area (Å²) in [5.74, 6) is 1.46. The lowest BCUT2D eigenvalue weighted by molar-refractivity contribution is -0.169. The third-order valence-electron chi connectivity index (χ3n) is 6.63. The molecular weight excluding hydrogens is 300 g/mol. The molecule has 2 saturated carbocycles. The van der Waals surface area contributed by atoms with Crippen LogP contribution in [0.25, 0.3) is 0 Å². The van der Waals surface area contributed by atoms with E-state index in [9.17, 15) is 4.79 Å². The number of hydrogen-bond acceptors (Lipinski definition) is 3. The first-order valence-electron chi connectivity index (χ1n) is 9.34. The van der Waals surface area contributed by atoms with Crippen LogP contribution >= 0.6 is 0 Å². The fourth-order valence-electron chi connectivity index (χ4n) is 5.56. The quantitative estimate of drug-likeness (QED) is 0.621. The number of esters is 1. The Labute approximate surface area is 143 Å². The summed E-state index contributed by atoms with van der Waals surface area (Å²) in [5.41, 5.74) is 0.810. The second kappa shape index (κ2) is 5.45. The maximum Gasteiger partial charge on any atom is 0.307 e. The molecule has 6 unspecified atom stereocenters. The molecule has 0 N–H and O–H groups in total. The van der Waals surface area contributed by atoms with Gasteiger partial charge in [-0.1, -0.05) is 42.5 Å². The molecule has 24 heavy (non-hydrogen) atoms. The first-order chi connectivity index (χ1) is 11.7. The molecular formula is C21H24O3. The molecule has 2 aliphatic carbocycles. The van der Waals surface area contributed by atoms with Crippen LogP contribution in [-0.2, 0) is 19.9 Å². The fourth-order valence-corrected chi connectivity index (χ4v) is 5.56. The third kappa shape index (κ3) is 2.25. The predicted octanol–water partition coefficient (Wildman–Crippen LogP) is 3.98. The molecule has 0 aromatic heterocycles. The molecule has 4 aliphatic rings. The summed E-state index contributed by atoms with van der Waals surface area (Å²) >= 11 is 0. The van der Waals surface area contributed by atoms with Crippen molar-refractivity contribution in [3.8, 4) is 0 Å². The van der Waals surface area contributed by atoms with Crippen molar-refractivity contribution in [3.05, 3.63) is 48.0 Å². The van der Waals surface area contributed by atoms with Gasteiger partial charge in [0, 0.05) is 11.8 Å². The van der Waals surface area contributed by atoms with Crippen LogP contribution in [0.15, 0.2) is 42.5 Å². The van der Waals surface area contributed by atoms with E-state index in [0.717, 1.165) is 18.8 Å². The van der Waals surface area contributed by atoms with Gasteiger partial charge >= 0.3 is 5.97 Å². The molecule has 3 nitrogen and oxygen atoms in total. The number of rotatable bonds is 4. The Morgan fingerprint density at radius 1 is 1.17 bits per heavy atom. The molecule has 1 saturated heterocycles. The van der Waals surface area contributed by atoms with Gasteiger partial charge in [-0.25, -0.2) is 0 Å². The number of ether oxygens (including phenoxy) is 2. The molecule has 126 valence electrons. The summed E-state index contributed by atoms with van der Waals surface area (Å²) in [6, 6.07) is 10.4. The van der Waals surface area contributed by atoms with Gasteiger partial charge in [-0.05, 0) is 43.6 Å². The van der Waals surface area contributed by atoms with Crippen LogP contribution < -0.4 is 0 Å². The van der Waals surface area contributed by atoms with Crippen LogP contribution in [0.1, 0.15) is 44.1 Å². The molecule has 5 rings (SSSR count).